The summed E-state index contributed by atoms with van der Waals surface area (Å²) in [6, 6.07) is 6.02. The van der Waals surface area contributed by atoms with Gasteiger partial charge in [-0.2, -0.15) is 5.10 Å². The molecule has 2 N–H and O–H groups in total. The van der Waals surface area contributed by atoms with E-state index in [-0.39, 0.29) is 11.9 Å². The Balaban J connectivity index is 2.43. The van der Waals surface area contributed by atoms with Crippen molar-refractivity contribution in [2.24, 2.45) is 12.8 Å². The molecule has 0 fully saturated rings. The first-order valence-electron chi connectivity index (χ1n) is 5.52. The topological polar surface area (TPSA) is 43.8 Å². The van der Waals surface area contributed by atoms with Crippen LogP contribution in [-0.2, 0) is 7.05 Å². The van der Waals surface area contributed by atoms with Gasteiger partial charge < -0.3 is 5.73 Å². The van der Waals surface area contributed by atoms with Gasteiger partial charge in [0.2, 0.25) is 0 Å². The second kappa shape index (κ2) is 4.30. The minimum Gasteiger partial charge on any atom is -0.320 e. The Morgan fingerprint density at radius 3 is 2.29 bits per heavy atom. The van der Waals surface area contributed by atoms with Crippen molar-refractivity contribution < 1.29 is 4.39 Å². The first-order chi connectivity index (χ1) is 8.00. The van der Waals surface area contributed by atoms with Gasteiger partial charge in [-0.25, -0.2) is 4.39 Å². The van der Waals surface area contributed by atoms with Gasteiger partial charge >= 0.3 is 0 Å². The molecule has 0 aliphatic carbocycles. The highest BCUT2D eigenvalue weighted by Gasteiger charge is 2.18. The molecule has 0 bridgehead atoms. The smallest absolute Gasteiger partial charge is 0.123 e. The molecule has 2 rings (SSSR count). The Labute approximate surface area is 100 Å². The molecule has 0 spiro atoms. The summed E-state index contributed by atoms with van der Waals surface area (Å²) < 4.78 is 14.7. The molecule has 0 amide bonds. The second-order valence-corrected chi connectivity index (χ2v) is 4.24. The number of aryl methyl sites for hydroxylation is 2. The van der Waals surface area contributed by atoms with E-state index in [0.29, 0.717) is 0 Å². The van der Waals surface area contributed by atoms with E-state index in [4.69, 9.17) is 5.73 Å². The standard InChI is InChI=1S/C13H16FN3/c1-8-12(9(2)17(3)16-8)13(15)10-4-6-11(14)7-5-10/h4-7,13H,15H2,1-3H3. The minimum atomic E-state index is -0.260. The maximum absolute atomic E-state index is 12.9. The van der Waals surface area contributed by atoms with Crippen molar-refractivity contribution in [1.29, 1.82) is 0 Å². The van der Waals surface area contributed by atoms with Crippen LogP contribution in [0.1, 0.15) is 28.6 Å². The van der Waals surface area contributed by atoms with Crippen molar-refractivity contribution in [1.82, 2.24) is 9.78 Å². The van der Waals surface area contributed by atoms with E-state index in [9.17, 15) is 4.39 Å². The number of hydrogen-bond donors (Lipinski definition) is 1. The van der Waals surface area contributed by atoms with Crippen LogP contribution in [0.5, 0.6) is 0 Å². The third-order valence-electron chi connectivity index (χ3n) is 3.11. The van der Waals surface area contributed by atoms with Crippen molar-refractivity contribution in [3.05, 3.63) is 52.6 Å². The number of benzene rings is 1. The maximum atomic E-state index is 12.9. The zero-order valence-electron chi connectivity index (χ0n) is 10.2. The van der Waals surface area contributed by atoms with Crippen molar-refractivity contribution in [3.8, 4) is 0 Å². The quantitative estimate of drug-likeness (QED) is 0.864. The van der Waals surface area contributed by atoms with Crippen LogP contribution < -0.4 is 5.73 Å². The van der Waals surface area contributed by atoms with Crippen LogP contribution in [0.2, 0.25) is 0 Å². The molecule has 1 unspecified atom stereocenters. The van der Waals surface area contributed by atoms with Crippen LogP contribution in [0.25, 0.3) is 0 Å². The summed E-state index contributed by atoms with van der Waals surface area (Å²) >= 11 is 0. The minimum absolute atomic E-state index is 0.249. The van der Waals surface area contributed by atoms with Crippen LogP contribution in [0.15, 0.2) is 24.3 Å². The van der Waals surface area contributed by atoms with E-state index >= 15 is 0 Å². The summed E-state index contributed by atoms with van der Waals surface area (Å²) in [5, 5.41) is 4.34. The van der Waals surface area contributed by atoms with Gasteiger partial charge in [-0.1, -0.05) is 12.1 Å². The molecular weight excluding hydrogens is 217 g/mol. The zero-order valence-corrected chi connectivity index (χ0v) is 10.2. The van der Waals surface area contributed by atoms with Gasteiger partial charge in [0.25, 0.3) is 0 Å². The number of aromatic nitrogens is 2. The van der Waals surface area contributed by atoms with Gasteiger partial charge in [-0.3, -0.25) is 4.68 Å². The average molecular weight is 233 g/mol. The first-order valence-corrected chi connectivity index (χ1v) is 5.52. The molecule has 1 atom stereocenters. The van der Waals surface area contributed by atoms with Crippen LogP contribution in [0.3, 0.4) is 0 Å². The predicted molar refractivity (Wildman–Crippen MR) is 65.1 cm³/mol. The highest BCUT2D eigenvalue weighted by Crippen LogP contribution is 2.25. The van der Waals surface area contributed by atoms with Crippen molar-refractivity contribution in [2.75, 3.05) is 0 Å². The molecule has 1 aromatic carbocycles. The summed E-state index contributed by atoms with van der Waals surface area (Å²) in [5.74, 6) is -0.249. The molecule has 1 heterocycles. The van der Waals surface area contributed by atoms with Crippen LogP contribution in [0, 0.1) is 19.7 Å². The molecule has 90 valence electrons. The van der Waals surface area contributed by atoms with Gasteiger partial charge in [0.15, 0.2) is 0 Å². The van der Waals surface area contributed by atoms with Crippen LogP contribution in [0.4, 0.5) is 4.39 Å². The third kappa shape index (κ3) is 2.08. The molecule has 3 nitrogen and oxygen atoms in total. The molecule has 2 aromatic rings. The summed E-state index contributed by atoms with van der Waals surface area (Å²) in [6.45, 7) is 3.92. The fraction of sp³-hybridized carbons (Fsp3) is 0.308. The maximum Gasteiger partial charge on any atom is 0.123 e. The van der Waals surface area contributed by atoms with Crippen molar-refractivity contribution in [3.63, 3.8) is 0 Å². The highest BCUT2D eigenvalue weighted by atomic mass is 19.1. The molecule has 1 aromatic heterocycles. The van der Waals surface area contributed by atoms with Gasteiger partial charge in [-0.05, 0) is 31.5 Å². The Morgan fingerprint density at radius 1 is 1.24 bits per heavy atom. The average Bonchev–Trinajstić information content (AvgIpc) is 2.53. The predicted octanol–water partition coefficient (Wildman–Crippen LogP) is 2.22. The number of hydrogen-bond acceptors (Lipinski definition) is 2. The zero-order chi connectivity index (χ0) is 12.6. The number of nitrogens with two attached hydrogens (primary N) is 1. The lowest BCUT2D eigenvalue weighted by atomic mass is 9.98. The van der Waals surface area contributed by atoms with Gasteiger partial charge in [0.05, 0.1) is 11.7 Å². The second-order valence-electron chi connectivity index (χ2n) is 4.24. The third-order valence-corrected chi connectivity index (χ3v) is 3.11. The van der Waals surface area contributed by atoms with E-state index in [2.05, 4.69) is 5.10 Å². The molecular formula is C13H16FN3. The Morgan fingerprint density at radius 2 is 1.82 bits per heavy atom. The molecule has 0 aliphatic heterocycles. The lowest BCUT2D eigenvalue weighted by Crippen LogP contribution is -2.13. The van der Waals surface area contributed by atoms with Crippen molar-refractivity contribution in [2.45, 2.75) is 19.9 Å². The molecule has 0 saturated carbocycles. The number of halogens is 1. The monoisotopic (exact) mass is 233 g/mol. The molecule has 4 heteroatoms. The van der Waals surface area contributed by atoms with E-state index in [1.165, 1.54) is 12.1 Å². The Hall–Kier alpha value is -1.68. The fourth-order valence-electron chi connectivity index (χ4n) is 2.08. The molecule has 0 aliphatic rings. The van der Waals surface area contributed by atoms with Gasteiger partial charge in [-0.15, -0.1) is 0 Å². The van der Waals surface area contributed by atoms with E-state index in [0.717, 1.165) is 22.5 Å². The van der Waals surface area contributed by atoms with Crippen LogP contribution >= 0.6 is 0 Å². The summed E-state index contributed by atoms with van der Waals surface area (Å²) in [7, 11) is 1.89. The lowest BCUT2D eigenvalue weighted by Gasteiger charge is -2.13. The fourth-order valence-corrected chi connectivity index (χ4v) is 2.08. The summed E-state index contributed by atoms with van der Waals surface area (Å²) in [4.78, 5) is 0. The molecule has 0 radical (unpaired) electrons. The van der Waals surface area contributed by atoms with E-state index in [1.807, 2.05) is 25.6 Å². The van der Waals surface area contributed by atoms with Crippen molar-refractivity contribution >= 4 is 0 Å². The first kappa shape index (κ1) is 11.8. The SMILES string of the molecule is Cc1nn(C)c(C)c1C(N)c1ccc(F)cc1. The highest BCUT2D eigenvalue weighted by molar-refractivity contribution is 5.36. The number of nitrogens with zero attached hydrogens (tertiary/aromatic N) is 2. The normalized spacial score (nSPS) is 12.8. The van der Waals surface area contributed by atoms with E-state index in [1.54, 1.807) is 12.1 Å². The van der Waals surface area contributed by atoms with Gasteiger partial charge in [0.1, 0.15) is 5.82 Å². The summed E-state index contributed by atoms with van der Waals surface area (Å²) in [5.41, 5.74) is 10.1. The number of rotatable bonds is 2. The Bertz CT molecular complexity index is 528. The lowest BCUT2D eigenvalue weighted by molar-refractivity contribution is 0.626. The van der Waals surface area contributed by atoms with Crippen LogP contribution in [-0.4, -0.2) is 9.78 Å². The molecule has 0 saturated heterocycles. The molecule has 17 heavy (non-hydrogen) atoms. The van der Waals surface area contributed by atoms with Gasteiger partial charge in [0, 0.05) is 18.3 Å². The summed E-state index contributed by atoms with van der Waals surface area (Å²) in [6.07, 6.45) is 0. The van der Waals surface area contributed by atoms with E-state index < -0.39 is 0 Å². The largest absolute Gasteiger partial charge is 0.320 e. The Kier molecular flexibility index (Phi) is 2.98.